The van der Waals surface area contributed by atoms with E-state index in [4.69, 9.17) is 0 Å². The van der Waals surface area contributed by atoms with Crippen molar-refractivity contribution in [1.82, 2.24) is 9.88 Å². The molecule has 43 heavy (non-hydrogen) atoms. The quantitative estimate of drug-likeness (QED) is 0.191. The Morgan fingerprint density at radius 3 is 2.53 bits per heavy atom. The molecule has 1 saturated heterocycles. The van der Waals surface area contributed by atoms with Gasteiger partial charge in [-0.2, -0.15) is 0 Å². The van der Waals surface area contributed by atoms with Gasteiger partial charge in [-0.3, -0.25) is 9.98 Å². The molecule has 230 valence electrons. The number of nitrogens with zero attached hydrogens (tertiary/aromatic N) is 3. The Kier molecular flexibility index (Phi) is 10.2. The number of aromatic nitrogens is 1. The summed E-state index contributed by atoms with van der Waals surface area (Å²) < 4.78 is 0. The second kappa shape index (κ2) is 13.9. The van der Waals surface area contributed by atoms with E-state index in [9.17, 15) is 0 Å². The summed E-state index contributed by atoms with van der Waals surface area (Å²) in [6, 6.07) is 4.38. The van der Waals surface area contributed by atoms with E-state index in [0.29, 0.717) is 22.7 Å². The number of likely N-dealkylation sites (tertiary alicyclic amines) is 1. The maximum atomic E-state index is 4.47. The Balaban J connectivity index is 0.000000472. The zero-order valence-electron chi connectivity index (χ0n) is 27.3. The maximum Gasteiger partial charge on any atom is 0.0343 e. The Hall–Kier alpha value is -2.78. The number of rotatable bonds is 6. The molecule has 0 amide bonds. The summed E-state index contributed by atoms with van der Waals surface area (Å²) in [6.45, 7) is 17.3. The van der Waals surface area contributed by atoms with Gasteiger partial charge in [0.15, 0.2) is 0 Å². The van der Waals surface area contributed by atoms with Gasteiger partial charge in [0.1, 0.15) is 0 Å². The van der Waals surface area contributed by atoms with Crippen molar-refractivity contribution in [2.24, 2.45) is 45.4 Å². The summed E-state index contributed by atoms with van der Waals surface area (Å²) >= 11 is 0. The van der Waals surface area contributed by atoms with Crippen LogP contribution < -0.4 is 0 Å². The fourth-order valence-electron chi connectivity index (χ4n) is 9.39. The molecule has 1 aliphatic heterocycles. The van der Waals surface area contributed by atoms with E-state index in [0.717, 1.165) is 17.8 Å². The number of allylic oxidation sites excluding steroid dienone is 10. The number of fused-ring (bicyclic) bond motifs is 5. The van der Waals surface area contributed by atoms with Crippen LogP contribution in [-0.2, 0) is 0 Å². The van der Waals surface area contributed by atoms with Gasteiger partial charge in [0.25, 0.3) is 0 Å². The molecule has 2 saturated carbocycles. The van der Waals surface area contributed by atoms with Gasteiger partial charge in [-0.05, 0) is 155 Å². The molecule has 0 unspecified atom stereocenters. The minimum absolute atomic E-state index is 0.320. The highest BCUT2D eigenvalue weighted by atomic mass is 15.1. The first-order valence-electron chi connectivity index (χ1n) is 16.9. The molecule has 1 aromatic heterocycles. The van der Waals surface area contributed by atoms with Gasteiger partial charge in [-0.1, -0.05) is 74.1 Å². The van der Waals surface area contributed by atoms with Crippen LogP contribution in [0.25, 0.3) is 5.57 Å². The Morgan fingerprint density at radius 2 is 1.81 bits per heavy atom. The van der Waals surface area contributed by atoms with Gasteiger partial charge in [0, 0.05) is 18.6 Å². The van der Waals surface area contributed by atoms with E-state index in [1.54, 1.807) is 17.3 Å². The molecule has 3 fully saturated rings. The first-order chi connectivity index (χ1) is 20.8. The number of aliphatic imine (C=N–C) groups is 1. The normalized spacial score (nSPS) is 34.6. The molecule has 1 aromatic rings. The third-order valence-electron chi connectivity index (χ3n) is 12.0. The molecule has 5 aliphatic rings. The van der Waals surface area contributed by atoms with Crippen LogP contribution in [0.3, 0.4) is 0 Å². The molecule has 3 heteroatoms. The lowest BCUT2D eigenvalue weighted by Crippen LogP contribution is -2.49. The van der Waals surface area contributed by atoms with Crippen molar-refractivity contribution >= 4 is 12.3 Å². The number of hydrogen-bond acceptors (Lipinski definition) is 3. The van der Waals surface area contributed by atoms with Crippen LogP contribution in [0.2, 0.25) is 0 Å². The van der Waals surface area contributed by atoms with E-state index in [2.05, 4.69) is 91.7 Å². The van der Waals surface area contributed by atoms with Gasteiger partial charge in [-0.25, -0.2) is 0 Å². The average Bonchev–Trinajstić information content (AvgIpc) is 3.38. The molecule has 0 bridgehead atoms. The summed E-state index contributed by atoms with van der Waals surface area (Å²) in [5.41, 5.74) is 6.83. The van der Waals surface area contributed by atoms with Crippen molar-refractivity contribution in [3.63, 3.8) is 0 Å². The van der Waals surface area contributed by atoms with E-state index in [1.165, 1.54) is 82.0 Å². The molecular formula is C40H55N3. The fraction of sp³-hybridized carbons (Fsp3) is 0.550. The van der Waals surface area contributed by atoms with Crippen molar-refractivity contribution in [3.05, 3.63) is 96.5 Å². The second-order valence-corrected chi connectivity index (χ2v) is 14.4. The SMILES string of the molecule is C=C(/C=C\[C@H]1CC[C@@]2(C)C(=CC[C@@H]3[C@@H]2CC[C@]2(C)C(c4cccnc4)=CC[C@@H]32)C1)C1CCN(C)CC1.C=N/C=C/C=C/C. The Labute approximate surface area is 262 Å². The highest BCUT2D eigenvalue weighted by Crippen LogP contribution is 2.66. The smallest absolute Gasteiger partial charge is 0.0343 e. The van der Waals surface area contributed by atoms with Crippen LogP contribution in [-0.4, -0.2) is 36.7 Å². The summed E-state index contributed by atoms with van der Waals surface area (Å²) in [5, 5.41) is 0. The van der Waals surface area contributed by atoms with E-state index >= 15 is 0 Å². The topological polar surface area (TPSA) is 28.5 Å². The van der Waals surface area contributed by atoms with Crippen molar-refractivity contribution in [1.29, 1.82) is 0 Å². The molecule has 3 nitrogen and oxygen atoms in total. The largest absolute Gasteiger partial charge is 0.306 e. The van der Waals surface area contributed by atoms with Crippen molar-refractivity contribution in [2.75, 3.05) is 20.1 Å². The van der Waals surface area contributed by atoms with E-state index < -0.39 is 0 Å². The van der Waals surface area contributed by atoms with Crippen molar-refractivity contribution in [2.45, 2.75) is 78.6 Å². The number of pyridine rings is 1. The van der Waals surface area contributed by atoms with Gasteiger partial charge < -0.3 is 4.90 Å². The summed E-state index contributed by atoms with van der Waals surface area (Å²) in [7, 11) is 2.24. The van der Waals surface area contributed by atoms with Gasteiger partial charge in [0.2, 0.25) is 0 Å². The number of hydrogen-bond donors (Lipinski definition) is 0. The van der Waals surface area contributed by atoms with Crippen LogP contribution in [0.15, 0.2) is 96.0 Å². The predicted octanol–water partition coefficient (Wildman–Crippen LogP) is 9.88. The molecule has 6 rings (SSSR count). The Bertz CT molecular complexity index is 1270. The van der Waals surface area contributed by atoms with Crippen molar-refractivity contribution < 1.29 is 0 Å². The fourth-order valence-corrected chi connectivity index (χ4v) is 9.39. The van der Waals surface area contributed by atoms with Crippen LogP contribution in [0.1, 0.15) is 84.1 Å². The molecule has 2 heterocycles. The first kappa shape index (κ1) is 31.6. The minimum Gasteiger partial charge on any atom is -0.306 e. The highest BCUT2D eigenvalue weighted by Gasteiger charge is 2.56. The lowest BCUT2D eigenvalue weighted by molar-refractivity contribution is -0.0126. The molecule has 0 spiro atoms. The third-order valence-corrected chi connectivity index (χ3v) is 12.0. The monoisotopic (exact) mass is 577 g/mol. The molecule has 0 radical (unpaired) electrons. The van der Waals surface area contributed by atoms with Crippen molar-refractivity contribution in [3.8, 4) is 0 Å². The van der Waals surface area contributed by atoms with E-state index in [1.807, 2.05) is 31.3 Å². The zero-order chi connectivity index (χ0) is 30.5. The van der Waals surface area contributed by atoms with Gasteiger partial charge >= 0.3 is 0 Å². The van der Waals surface area contributed by atoms with Crippen LogP contribution in [0, 0.1) is 40.4 Å². The minimum atomic E-state index is 0.320. The molecule has 0 N–H and O–H groups in total. The molecule has 4 aliphatic carbocycles. The summed E-state index contributed by atoms with van der Waals surface area (Å²) in [4.78, 5) is 10.4. The lowest BCUT2D eigenvalue weighted by Gasteiger charge is -2.58. The van der Waals surface area contributed by atoms with Crippen LogP contribution >= 0.6 is 0 Å². The van der Waals surface area contributed by atoms with Gasteiger partial charge in [-0.15, -0.1) is 0 Å². The predicted molar refractivity (Wildman–Crippen MR) is 185 cm³/mol. The third kappa shape index (κ3) is 6.68. The summed E-state index contributed by atoms with van der Waals surface area (Å²) in [6.07, 6.45) is 33.3. The highest BCUT2D eigenvalue weighted by molar-refractivity contribution is 5.72. The first-order valence-corrected chi connectivity index (χ1v) is 16.9. The standard InChI is InChI=1S/C34H46N2.C6H9N/c1-24(26-15-20-36(4)21-16-26)7-8-25-13-17-33(2)28(22-25)9-10-29-31-12-11-30(27-6-5-19-35-23-27)34(31,3)18-14-32(29)33;1-3-4-5-6-7-2/h5-9,11,19,23,25-26,29,31-32H,1,10,12-18,20-22H2,2-4H3;3-6H,2H2,1H3/b8-7-;4-3+,6-5+/t25-,29-,31-,32-,33-,34+;/m0./s1. The van der Waals surface area contributed by atoms with Crippen LogP contribution in [0.4, 0.5) is 0 Å². The number of piperidine rings is 1. The molecule has 0 aromatic carbocycles. The van der Waals surface area contributed by atoms with Crippen LogP contribution in [0.5, 0.6) is 0 Å². The van der Waals surface area contributed by atoms with E-state index in [-0.39, 0.29) is 0 Å². The van der Waals surface area contributed by atoms with Gasteiger partial charge in [0.05, 0.1) is 0 Å². The maximum absolute atomic E-state index is 4.47. The zero-order valence-corrected chi connectivity index (χ0v) is 27.3. The molecule has 6 atom stereocenters. The average molecular weight is 578 g/mol. The second-order valence-electron chi connectivity index (χ2n) is 14.4. The lowest BCUT2D eigenvalue weighted by atomic mass is 9.47. The molecular weight excluding hydrogens is 522 g/mol. The summed E-state index contributed by atoms with van der Waals surface area (Å²) in [5.74, 6) is 3.87. The Morgan fingerprint density at radius 1 is 1.02 bits per heavy atom.